The summed E-state index contributed by atoms with van der Waals surface area (Å²) in [5.41, 5.74) is 6.97. The molecule has 1 saturated carbocycles. The molecule has 2 aromatic rings. The molecule has 0 bridgehead atoms. The Balaban J connectivity index is 1.57. The summed E-state index contributed by atoms with van der Waals surface area (Å²) in [6.45, 7) is 0.218. The first-order chi connectivity index (χ1) is 15.5. The van der Waals surface area contributed by atoms with Crippen LogP contribution in [0.15, 0.2) is 24.4 Å². The monoisotopic (exact) mass is 474 g/mol. The topological polar surface area (TPSA) is 115 Å². The predicted molar refractivity (Wildman–Crippen MR) is 118 cm³/mol. The molecule has 1 aliphatic carbocycles. The number of hydrogen-bond acceptors (Lipinski definition) is 7. The number of Topliss-reactive ketones (excluding diaryl/α,β-unsaturated/α-hetero) is 1. The molecule has 4 heterocycles. The number of carbonyl (C=O) groups excluding carboxylic acids is 3. The van der Waals surface area contributed by atoms with Crippen LogP contribution in [0.25, 0.3) is 10.6 Å². The minimum Gasteiger partial charge on any atom is -0.366 e. The van der Waals surface area contributed by atoms with Gasteiger partial charge < -0.3 is 15.4 Å². The Morgan fingerprint density at radius 1 is 1.31 bits per heavy atom. The number of alkyl halides is 1. The second kappa shape index (κ2) is 8.53. The van der Waals surface area contributed by atoms with E-state index in [1.807, 2.05) is 6.07 Å². The van der Waals surface area contributed by atoms with Crippen molar-refractivity contribution in [1.82, 2.24) is 15.1 Å². The van der Waals surface area contributed by atoms with Gasteiger partial charge in [-0.15, -0.1) is 28.0 Å². The smallest absolute Gasteiger partial charge is 0.259 e. The number of aromatic nitrogens is 2. The van der Waals surface area contributed by atoms with Crippen LogP contribution in [0, 0.1) is 5.92 Å². The Bertz CT molecular complexity index is 1060. The predicted octanol–water partition coefficient (Wildman–Crippen LogP) is 2.36. The van der Waals surface area contributed by atoms with E-state index >= 15 is 0 Å². The Morgan fingerprint density at radius 2 is 2.09 bits per heavy atom. The van der Waals surface area contributed by atoms with Gasteiger partial charge in [0.05, 0.1) is 21.0 Å². The molecule has 2 amide bonds. The minimum atomic E-state index is -0.663. The van der Waals surface area contributed by atoms with Crippen molar-refractivity contribution in [2.75, 3.05) is 13.2 Å². The molecule has 0 unspecified atom stereocenters. The first-order valence-electron chi connectivity index (χ1n) is 10.8. The zero-order chi connectivity index (χ0) is 22.4. The van der Waals surface area contributed by atoms with Crippen molar-refractivity contribution in [2.45, 2.75) is 49.1 Å². The van der Waals surface area contributed by atoms with Gasteiger partial charge >= 0.3 is 0 Å². The number of thiophene rings is 1. The molecule has 2 saturated heterocycles. The highest BCUT2D eigenvalue weighted by atomic mass is 35.5. The molecule has 2 aliphatic heterocycles. The molecule has 5 rings (SSSR count). The molecule has 168 valence electrons. The van der Waals surface area contributed by atoms with Gasteiger partial charge in [-0.25, -0.2) is 0 Å². The molecule has 0 spiro atoms. The van der Waals surface area contributed by atoms with E-state index in [-0.39, 0.29) is 30.8 Å². The summed E-state index contributed by atoms with van der Waals surface area (Å²) in [4.78, 5) is 41.5. The van der Waals surface area contributed by atoms with Crippen LogP contribution in [0.2, 0.25) is 0 Å². The fourth-order valence-electron chi connectivity index (χ4n) is 5.27. The third-order valence-electron chi connectivity index (χ3n) is 6.69. The first-order valence-corrected chi connectivity index (χ1v) is 12.0. The van der Waals surface area contributed by atoms with E-state index in [1.54, 1.807) is 23.2 Å². The maximum Gasteiger partial charge on any atom is 0.259 e. The lowest BCUT2D eigenvalue weighted by Gasteiger charge is -2.30. The van der Waals surface area contributed by atoms with Crippen LogP contribution in [0.3, 0.4) is 0 Å². The fourth-order valence-corrected chi connectivity index (χ4v) is 6.65. The average molecular weight is 475 g/mol. The van der Waals surface area contributed by atoms with Gasteiger partial charge in [-0.2, -0.15) is 5.10 Å². The zero-order valence-electron chi connectivity index (χ0n) is 17.3. The van der Waals surface area contributed by atoms with Gasteiger partial charge in [0.25, 0.3) is 5.91 Å². The Hall–Kier alpha value is -2.36. The van der Waals surface area contributed by atoms with Crippen LogP contribution < -0.4 is 5.73 Å². The third kappa shape index (κ3) is 3.62. The molecular formula is C22H23ClN4O4S. The third-order valence-corrected chi connectivity index (χ3v) is 8.26. The number of nitrogens with zero attached hydrogens (tertiary/aromatic N) is 3. The number of ketones is 1. The fraction of sp³-hybridized carbons (Fsp3) is 0.500. The van der Waals surface area contributed by atoms with Gasteiger partial charge in [-0.05, 0) is 42.5 Å². The molecule has 2 aromatic heterocycles. The standard InChI is InChI=1S/C22H23ClN4O4S/c23-13-9-27(18-15(28)10-31-19(13)18)22(30)17(11-4-1-2-5-11)12-8-16(32-20(12)21(24)29)14-6-3-7-25-26-14/h3,6-8,11,13,17-19H,1-2,4-5,9-10H2,(H2,24,29)/t13-,17-,18+,19+/m0/s1. The number of hydrogen-bond donors (Lipinski definition) is 1. The number of rotatable bonds is 5. The highest BCUT2D eigenvalue weighted by Crippen LogP contribution is 2.45. The van der Waals surface area contributed by atoms with Crippen molar-refractivity contribution in [3.05, 3.63) is 34.8 Å². The molecule has 0 aromatic carbocycles. The van der Waals surface area contributed by atoms with E-state index < -0.39 is 29.3 Å². The Morgan fingerprint density at radius 3 is 2.78 bits per heavy atom. The molecule has 0 radical (unpaired) electrons. The summed E-state index contributed by atoms with van der Waals surface area (Å²) in [6.07, 6.45) is 4.89. The summed E-state index contributed by atoms with van der Waals surface area (Å²) in [6, 6.07) is 4.75. The summed E-state index contributed by atoms with van der Waals surface area (Å²) in [7, 11) is 0. The first kappa shape index (κ1) is 21.5. The number of nitrogens with two attached hydrogens (primary N) is 1. The van der Waals surface area contributed by atoms with E-state index in [0.717, 1.165) is 30.6 Å². The Kier molecular flexibility index (Phi) is 5.73. The van der Waals surface area contributed by atoms with Crippen molar-refractivity contribution in [3.8, 4) is 10.6 Å². The lowest BCUT2D eigenvalue weighted by Crippen LogP contribution is -2.45. The van der Waals surface area contributed by atoms with Gasteiger partial charge in [0.2, 0.25) is 5.91 Å². The average Bonchev–Trinajstić information content (AvgIpc) is 3.56. The van der Waals surface area contributed by atoms with Gasteiger partial charge in [0.1, 0.15) is 24.4 Å². The zero-order valence-corrected chi connectivity index (χ0v) is 18.8. The van der Waals surface area contributed by atoms with Crippen molar-refractivity contribution in [1.29, 1.82) is 0 Å². The molecule has 32 heavy (non-hydrogen) atoms. The van der Waals surface area contributed by atoms with E-state index in [2.05, 4.69) is 10.2 Å². The SMILES string of the molecule is NC(=O)c1sc(-c2cccnn2)cc1[C@@H](C(=O)N1C[C@H](Cl)[C@H]2OCC(=O)[C@H]21)C1CCCC1. The largest absolute Gasteiger partial charge is 0.366 e. The van der Waals surface area contributed by atoms with Gasteiger partial charge in [-0.1, -0.05) is 12.8 Å². The number of ether oxygens (including phenoxy) is 1. The highest BCUT2D eigenvalue weighted by molar-refractivity contribution is 7.17. The number of fused-ring (bicyclic) bond motifs is 1. The van der Waals surface area contributed by atoms with E-state index in [1.165, 1.54) is 11.3 Å². The van der Waals surface area contributed by atoms with Crippen LogP contribution in [-0.2, 0) is 14.3 Å². The van der Waals surface area contributed by atoms with E-state index in [0.29, 0.717) is 16.1 Å². The molecular weight excluding hydrogens is 452 g/mol. The summed E-state index contributed by atoms with van der Waals surface area (Å²) < 4.78 is 5.55. The molecule has 4 atom stereocenters. The lowest BCUT2D eigenvalue weighted by molar-refractivity contribution is -0.138. The molecule has 3 fully saturated rings. The maximum atomic E-state index is 14.0. The lowest BCUT2D eigenvalue weighted by atomic mass is 9.83. The second-order valence-corrected chi connectivity index (χ2v) is 10.2. The number of carbonyl (C=O) groups is 3. The second-order valence-electron chi connectivity index (χ2n) is 8.58. The summed E-state index contributed by atoms with van der Waals surface area (Å²) in [5.74, 6) is -1.39. The molecule has 10 heteroatoms. The van der Waals surface area contributed by atoms with Crippen LogP contribution >= 0.6 is 22.9 Å². The van der Waals surface area contributed by atoms with Gasteiger partial charge in [-0.3, -0.25) is 14.4 Å². The van der Waals surface area contributed by atoms with E-state index in [4.69, 9.17) is 22.1 Å². The summed E-state index contributed by atoms with van der Waals surface area (Å²) in [5, 5.41) is 7.62. The van der Waals surface area contributed by atoms with Crippen LogP contribution in [0.4, 0.5) is 0 Å². The van der Waals surface area contributed by atoms with Gasteiger partial charge in [0, 0.05) is 12.7 Å². The van der Waals surface area contributed by atoms with Crippen molar-refractivity contribution in [3.63, 3.8) is 0 Å². The van der Waals surface area contributed by atoms with Crippen LogP contribution in [-0.4, -0.2) is 63.4 Å². The van der Waals surface area contributed by atoms with Crippen molar-refractivity contribution >= 4 is 40.5 Å². The number of likely N-dealkylation sites (tertiary alicyclic amines) is 1. The molecule has 8 nitrogen and oxygen atoms in total. The molecule has 3 aliphatic rings. The minimum absolute atomic E-state index is 0.0295. The van der Waals surface area contributed by atoms with Crippen LogP contribution in [0.5, 0.6) is 0 Å². The quantitative estimate of drug-likeness (QED) is 0.665. The van der Waals surface area contributed by atoms with E-state index in [9.17, 15) is 14.4 Å². The summed E-state index contributed by atoms with van der Waals surface area (Å²) >= 11 is 7.66. The van der Waals surface area contributed by atoms with Gasteiger partial charge in [0.15, 0.2) is 5.78 Å². The number of halogens is 1. The number of amides is 2. The Labute approximate surface area is 194 Å². The van der Waals surface area contributed by atoms with Crippen LogP contribution in [0.1, 0.15) is 46.8 Å². The van der Waals surface area contributed by atoms with Crippen molar-refractivity contribution < 1.29 is 19.1 Å². The maximum absolute atomic E-state index is 14.0. The highest BCUT2D eigenvalue weighted by Gasteiger charge is 2.53. The molecule has 2 N–H and O–H groups in total. The van der Waals surface area contributed by atoms with Crippen molar-refractivity contribution in [2.24, 2.45) is 11.7 Å². The number of primary amides is 1. The normalized spacial score (nSPS) is 26.5.